The molecule has 20 heavy (non-hydrogen) atoms. The second kappa shape index (κ2) is 7.05. The summed E-state index contributed by atoms with van der Waals surface area (Å²) in [6.45, 7) is 10.9. The Hall–Kier alpha value is 0.310. The maximum Gasteiger partial charge on any atom is 0.00684 e. The third-order valence-corrected chi connectivity index (χ3v) is 6.50. The molecule has 0 atom stereocenters. The monoisotopic (exact) mass is 297 g/mol. The van der Waals surface area contributed by atoms with Gasteiger partial charge in [0.25, 0.3) is 0 Å². The van der Waals surface area contributed by atoms with E-state index in [2.05, 4.69) is 44.8 Å². The summed E-state index contributed by atoms with van der Waals surface area (Å²) in [6, 6.07) is 0.867. The Morgan fingerprint density at radius 3 is 2.25 bits per heavy atom. The smallest absolute Gasteiger partial charge is 0.00684 e. The molecule has 0 unspecified atom stereocenters. The van der Waals surface area contributed by atoms with Gasteiger partial charge in [0.05, 0.1) is 0 Å². The Bertz CT molecular complexity index is 282. The second-order valence-electron chi connectivity index (χ2n) is 8.24. The predicted octanol–water partition coefficient (Wildman–Crippen LogP) is 5.10. The second-order valence-corrected chi connectivity index (χ2v) is 9.64. The average Bonchev–Trinajstić information content (AvgIpc) is 3.20. The van der Waals surface area contributed by atoms with Gasteiger partial charge in [-0.3, -0.25) is 0 Å². The Kier molecular flexibility index (Phi) is 5.88. The van der Waals surface area contributed by atoms with Gasteiger partial charge in [-0.05, 0) is 73.2 Å². The van der Waals surface area contributed by atoms with E-state index in [-0.39, 0.29) is 0 Å². The predicted molar refractivity (Wildman–Crippen MR) is 92.5 cm³/mol. The molecule has 0 radical (unpaired) electrons. The van der Waals surface area contributed by atoms with Crippen LogP contribution in [0.4, 0.5) is 0 Å². The highest BCUT2D eigenvalue weighted by atomic mass is 32.2. The molecular weight excluding hydrogens is 262 g/mol. The number of nitrogens with one attached hydrogen (secondary N) is 1. The third kappa shape index (κ3) is 4.94. The highest BCUT2D eigenvalue weighted by Crippen LogP contribution is 2.47. The summed E-state index contributed by atoms with van der Waals surface area (Å²) in [5.41, 5.74) is 1.13. The quantitative estimate of drug-likeness (QED) is 0.656. The van der Waals surface area contributed by atoms with Crippen molar-refractivity contribution in [3.63, 3.8) is 0 Å². The lowest BCUT2D eigenvalue weighted by Gasteiger charge is -2.44. The molecule has 1 nitrogen and oxygen atoms in total. The van der Waals surface area contributed by atoms with Crippen molar-refractivity contribution in [2.75, 3.05) is 18.1 Å². The van der Waals surface area contributed by atoms with Crippen molar-refractivity contribution in [3.05, 3.63) is 0 Å². The summed E-state index contributed by atoms with van der Waals surface area (Å²) in [5, 5.41) is 3.84. The zero-order valence-electron chi connectivity index (χ0n) is 14.1. The Morgan fingerprint density at radius 2 is 1.75 bits per heavy atom. The van der Waals surface area contributed by atoms with E-state index in [9.17, 15) is 0 Å². The first-order valence-electron chi connectivity index (χ1n) is 8.76. The molecule has 0 amide bonds. The molecule has 2 rings (SSSR count). The molecular formula is C18H35NS. The highest BCUT2D eigenvalue weighted by Gasteiger charge is 2.39. The fraction of sp³-hybridized carbons (Fsp3) is 1.00. The number of rotatable bonds is 7. The van der Waals surface area contributed by atoms with Crippen LogP contribution in [-0.2, 0) is 0 Å². The molecule has 0 bridgehead atoms. The van der Waals surface area contributed by atoms with Gasteiger partial charge in [-0.1, -0.05) is 27.7 Å². The normalized spacial score (nSPS) is 31.5. The molecule has 0 saturated heterocycles. The van der Waals surface area contributed by atoms with Crippen molar-refractivity contribution in [3.8, 4) is 0 Å². The van der Waals surface area contributed by atoms with Gasteiger partial charge in [-0.2, -0.15) is 11.8 Å². The van der Waals surface area contributed by atoms with Crippen molar-refractivity contribution < 1.29 is 0 Å². The van der Waals surface area contributed by atoms with E-state index in [1.165, 1.54) is 63.0 Å². The maximum atomic E-state index is 3.84. The lowest BCUT2D eigenvalue weighted by molar-refractivity contribution is 0.0838. The van der Waals surface area contributed by atoms with Crippen LogP contribution in [0.5, 0.6) is 0 Å². The first-order valence-corrected chi connectivity index (χ1v) is 9.92. The molecule has 0 aromatic carbocycles. The van der Waals surface area contributed by atoms with Gasteiger partial charge in [0.15, 0.2) is 0 Å². The van der Waals surface area contributed by atoms with E-state index in [1.54, 1.807) is 0 Å². The van der Waals surface area contributed by atoms with E-state index in [0.29, 0.717) is 10.8 Å². The number of hydrogen-bond acceptors (Lipinski definition) is 2. The van der Waals surface area contributed by atoms with Gasteiger partial charge in [0.1, 0.15) is 0 Å². The molecule has 2 heteroatoms. The van der Waals surface area contributed by atoms with Crippen molar-refractivity contribution >= 4 is 11.8 Å². The van der Waals surface area contributed by atoms with Gasteiger partial charge in [-0.15, -0.1) is 0 Å². The van der Waals surface area contributed by atoms with Crippen LogP contribution in [0.25, 0.3) is 0 Å². The van der Waals surface area contributed by atoms with Gasteiger partial charge >= 0.3 is 0 Å². The third-order valence-electron chi connectivity index (χ3n) is 5.59. The van der Waals surface area contributed by atoms with Crippen LogP contribution >= 0.6 is 11.8 Å². The van der Waals surface area contributed by atoms with Gasteiger partial charge in [0, 0.05) is 12.6 Å². The molecule has 2 aliphatic rings. The summed E-state index contributed by atoms with van der Waals surface area (Å²) in [7, 11) is 0. The lowest BCUT2D eigenvalue weighted by Crippen LogP contribution is -2.40. The minimum atomic E-state index is 0.508. The first-order chi connectivity index (χ1) is 9.45. The first kappa shape index (κ1) is 16.7. The SMILES string of the molecule is CCSCCC1(CNC2CC2)CCC(C(C)(C)C)CC1. The minimum Gasteiger partial charge on any atom is -0.313 e. The van der Waals surface area contributed by atoms with E-state index >= 15 is 0 Å². The standard InChI is InChI=1S/C18H35NS/c1-5-20-13-12-18(14-19-16-6-7-16)10-8-15(9-11-18)17(2,3)4/h15-16,19H,5-14H2,1-4H3. The highest BCUT2D eigenvalue weighted by molar-refractivity contribution is 7.99. The van der Waals surface area contributed by atoms with E-state index < -0.39 is 0 Å². The fourth-order valence-electron chi connectivity index (χ4n) is 3.69. The number of hydrogen-bond donors (Lipinski definition) is 1. The molecule has 0 aromatic heterocycles. The number of thioether (sulfide) groups is 1. The van der Waals surface area contributed by atoms with Crippen molar-refractivity contribution in [2.45, 2.75) is 78.7 Å². The van der Waals surface area contributed by atoms with Crippen LogP contribution in [0.2, 0.25) is 0 Å². The van der Waals surface area contributed by atoms with Crippen LogP contribution in [0.1, 0.15) is 72.6 Å². The molecule has 2 saturated carbocycles. The van der Waals surface area contributed by atoms with E-state index in [0.717, 1.165) is 12.0 Å². The van der Waals surface area contributed by atoms with Crippen LogP contribution in [0, 0.1) is 16.7 Å². The van der Waals surface area contributed by atoms with Crippen LogP contribution in [0.15, 0.2) is 0 Å². The summed E-state index contributed by atoms with van der Waals surface area (Å²) in [4.78, 5) is 0. The lowest BCUT2D eigenvalue weighted by atomic mass is 9.63. The fourth-order valence-corrected chi connectivity index (χ4v) is 4.56. The van der Waals surface area contributed by atoms with Crippen LogP contribution in [-0.4, -0.2) is 24.1 Å². The zero-order chi connectivity index (χ0) is 14.6. The molecule has 118 valence electrons. The maximum absolute atomic E-state index is 3.84. The largest absolute Gasteiger partial charge is 0.313 e. The van der Waals surface area contributed by atoms with Crippen molar-refractivity contribution in [2.24, 2.45) is 16.7 Å². The average molecular weight is 298 g/mol. The van der Waals surface area contributed by atoms with E-state index in [1.807, 2.05) is 0 Å². The topological polar surface area (TPSA) is 12.0 Å². The molecule has 0 heterocycles. The summed E-state index contributed by atoms with van der Waals surface area (Å²) >= 11 is 2.13. The summed E-state index contributed by atoms with van der Waals surface area (Å²) in [6.07, 6.45) is 10.1. The molecule has 0 aliphatic heterocycles. The molecule has 0 aromatic rings. The van der Waals surface area contributed by atoms with Crippen molar-refractivity contribution in [1.82, 2.24) is 5.32 Å². The van der Waals surface area contributed by atoms with Crippen LogP contribution in [0.3, 0.4) is 0 Å². The molecule has 0 spiro atoms. The van der Waals surface area contributed by atoms with E-state index in [4.69, 9.17) is 0 Å². The summed E-state index contributed by atoms with van der Waals surface area (Å²) < 4.78 is 0. The van der Waals surface area contributed by atoms with Crippen LogP contribution < -0.4 is 5.32 Å². The Morgan fingerprint density at radius 1 is 1.10 bits per heavy atom. The molecule has 2 fully saturated rings. The van der Waals surface area contributed by atoms with Crippen molar-refractivity contribution in [1.29, 1.82) is 0 Å². The van der Waals surface area contributed by atoms with Gasteiger partial charge in [-0.25, -0.2) is 0 Å². The Labute approximate surface area is 131 Å². The zero-order valence-corrected chi connectivity index (χ0v) is 15.0. The molecule has 1 N–H and O–H groups in total. The van der Waals surface area contributed by atoms with Gasteiger partial charge < -0.3 is 5.32 Å². The van der Waals surface area contributed by atoms with Gasteiger partial charge in [0.2, 0.25) is 0 Å². The summed E-state index contributed by atoms with van der Waals surface area (Å²) in [5.74, 6) is 3.58. The molecule has 2 aliphatic carbocycles. The minimum absolute atomic E-state index is 0.508. The Balaban J connectivity index is 1.86.